The van der Waals surface area contributed by atoms with Crippen molar-refractivity contribution in [1.29, 1.82) is 0 Å². The first-order chi connectivity index (χ1) is 8.52. The molecule has 1 saturated carbocycles. The standard InChI is InChI=1S/C14H19FN2S/c1-14(8-3-2-4-9-14)17-11-7-5-6-10(15)12(11)13(16)18/h5-7,17H,2-4,8-9H2,1H3,(H2,16,18). The van der Waals surface area contributed by atoms with Gasteiger partial charge in [0.15, 0.2) is 0 Å². The van der Waals surface area contributed by atoms with Crippen LogP contribution >= 0.6 is 12.2 Å². The molecule has 0 heterocycles. The van der Waals surface area contributed by atoms with E-state index in [0.717, 1.165) is 12.8 Å². The van der Waals surface area contributed by atoms with E-state index in [0.29, 0.717) is 11.3 Å². The van der Waals surface area contributed by atoms with Gasteiger partial charge in [-0.15, -0.1) is 0 Å². The van der Waals surface area contributed by atoms with E-state index < -0.39 is 0 Å². The highest BCUT2D eigenvalue weighted by molar-refractivity contribution is 7.80. The average Bonchev–Trinajstić information content (AvgIpc) is 2.28. The summed E-state index contributed by atoms with van der Waals surface area (Å²) in [5.41, 5.74) is 6.68. The van der Waals surface area contributed by atoms with Gasteiger partial charge in [0.05, 0.1) is 5.56 Å². The number of rotatable bonds is 3. The molecule has 1 aliphatic carbocycles. The van der Waals surface area contributed by atoms with Crippen LogP contribution in [0.1, 0.15) is 44.6 Å². The van der Waals surface area contributed by atoms with Crippen molar-refractivity contribution in [2.24, 2.45) is 5.73 Å². The number of nitrogens with two attached hydrogens (primary N) is 1. The Kier molecular flexibility index (Phi) is 3.85. The van der Waals surface area contributed by atoms with Crippen molar-refractivity contribution < 1.29 is 4.39 Å². The van der Waals surface area contributed by atoms with Crippen molar-refractivity contribution in [3.05, 3.63) is 29.6 Å². The molecule has 0 aliphatic heterocycles. The third-order valence-electron chi connectivity index (χ3n) is 3.65. The van der Waals surface area contributed by atoms with Crippen LogP contribution in [0.15, 0.2) is 18.2 Å². The fraction of sp³-hybridized carbons (Fsp3) is 0.500. The van der Waals surface area contributed by atoms with Gasteiger partial charge in [-0.2, -0.15) is 0 Å². The molecule has 0 saturated heterocycles. The van der Waals surface area contributed by atoms with Crippen molar-refractivity contribution >= 4 is 22.9 Å². The van der Waals surface area contributed by atoms with E-state index in [1.165, 1.54) is 25.3 Å². The highest BCUT2D eigenvalue weighted by Gasteiger charge is 2.27. The van der Waals surface area contributed by atoms with Crippen LogP contribution in [-0.2, 0) is 0 Å². The Labute approximate surface area is 113 Å². The van der Waals surface area contributed by atoms with Gasteiger partial charge < -0.3 is 11.1 Å². The van der Waals surface area contributed by atoms with Gasteiger partial charge in [0.2, 0.25) is 0 Å². The van der Waals surface area contributed by atoms with Crippen LogP contribution in [0.3, 0.4) is 0 Å². The normalized spacial score (nSPS) is 18.3. The van der Waals surface area contributed by atoms with Crippen LogP contribution in [0.2, 0.25) is 0 Å². The van der Waals surface area contributed by atoms with Gasteiger partial charge in [0.25, 0.3) is 0 Å². The van der Waals surface area contributed by atoms with Gasteiger partial charge in [-0.1, -0.05) is 37.5 Å². The first kappa shape index (κ1) is 13.3. The minimum absolute atomic E-state index is 0.0194. The largest absolute Gasteiger partial charge is 0.389 e. The Bertz CT molecular complexity index is 453. The Balaban J connectivity index is 2.28. The van der Waals surface area contributed by atoms with E-state index in [1.54, 1.807) is 6.07 Å². The maximum absolute atomic E-state index is 13.8. The second kappa shape index (κ2) is 5.22. The van der Waals surface area contributed by atoms with Gasteiger partial charge in [-0.25, -0.2) is 4.39 Å². The summed E-state index contributed by atoms with van der Waals surface area (Å²) in [6.07, 6.45) is 5.89. The summed E-state index contributed by atoms with van der Waals surface area (Å²) < 4.78 is 13.8. The molecule has 3 N–H and O–H groups in total. The van der Waals surface area contributed by atoms with Crippen LogP contribution in [0.25, 0.3) is 0 Å². The second-order valence-corrected chi connectivity index (χ2v) is 5.71. The lowest BCUT2D eigenvalue weighted by Gasteiger charge is -2.36. The molecule has 18 heavy (non-hydrogen) atoms. The third-order valence-corrected chi connectivity index (χ3v) is 3.86. The lowest BCUT2D eigenvalue weighted by molar-refractivity contribution is 0.349. The number of benzene rings is 1. The van der Waals surface area contributed by atoms with Crippen LogP contribution in [-0.4, -0.2) is 10.5 Å². The molecule has 1 aromatic rings. The van der Waals surface area contributed by atoms with Crippen LogP contribution < -0.4 is 11.1 Å². The molecule has 2 rings (SSSR count). The number of anilines is 1. The van der Waals surface area contributed by atoms with Gasteiger partial charge in [0.1, 0.15) is 10.8 Å². The van der Waals surface area contributed by atoms with Gasteiger partial charge in [0, 0.05) is 11.2 Å². The first-order valence-corrected chi connectivity index (χ1v) is 6.79. The molecule has 98 valence electrons. The molecular weight excluding hydrogens is 247 g/mol. The van der Waals surface area contributed by atoms with Crippen molar-refractivity contribution in [3.8, 4) is 0 Å². The third kappa shape index (κ3) is 2.80. The highest BCUT2D eigenvalue weighted by Crippen LogP contribution is 2.32. The second-order valence-electron chi connectivity index (χ2n) is 5.27. The maximum atomic E-state index is 13.8. The van der Waals surface area contributed by atoms with E-state index in [1.807, 2.05) is 6.07 Å². The SMILES string of the molecule is CC1(Nc2cccc(F)c2C(N)=S)CCCCC1. The molecule has 1 aliphatic rings. The summed E-state index contributed by atoms with van der Waals surface area (Å²) in [6.45, 7) is 2.18. The predicted octanol–water partition coefficient (Wildman–Crippen LogP) is 3.59. The molecule has 0 unspecified atom stereocenters. The summed E-state index contributed by atoms with van der Waals surface area (Å²) in [6, 6.07) is 4.92. The summed E-state index contributed by atoms with van der Waals surface area (Å²) in [5.74, 6) is -0.355. The Morgan fingerprint density at radius 1 is 1.33 bits per heavy atom. The quantitative estimate of drug-likeness (QED) is 0.821. The topological polar surface area (TPSA) is 38.0 Å². The molecule has 1 aromatic carbocycles. The molecule has 4 heteroatoms. The minimum atomic E-state index is -0.355. The molecule has 0 amide bonds. The van der Waals surface area contributed by atoms with Crippen LogP contribution in [0, 0.1) is 5.82 Å². The number of halogens is 1. The fourth-order valence-corrected chi connectivity index (χ4v) is 2.87. The zero-order valence-corrected chi connectivity index (χ0v) is 11.4. The molecule has 2 nitrogen and oxygen atoms in total. The average molecular weight is 266 g/mol. The summed E-state index contributed by atoms with van der Waals surface area (Å²) in [4.78, 5) is 0.106. The Morgan fingerprint density at radius 3 is 2.61 bits per heavy atom. The van der Waals surface area contributed by atoms with Crippen molar-refractivity contribution in [2.75, 3.05) is 5.32 Å². The lowest BCUT2D eigenvalue weighted by atomic mass is 9.83. The minimum Gasteiger partial charge on any atom is -0.389 e. The van der Waals surface area contributed by atoms with Crippen molar-refractivity contribution in [3.63, 3.8) is 0 Å². The fourth-order valence-electron chi connectivity index (χ4n) is 2.66. The number of nitrogens with one attached hydrogen (secondary N) is 1. The Hall–Kier alpha value is -1.16. The molecular formula is C14H19FN2S. The summed E-state index contributed by atoms with van der Waals surface area (Å²) >= 11 is 4.94. The number of hydrogen-bond acceptors (Lipinski definition) is 2. The van der Waals surface area contributed by atoms with E-state index >= 15 is 0 Å². The zero-order valence-electron chi connectivity index (χ0n) is 10.6. The zero-order chi connectivity index (χ0) is 13.2. The van der Waals surface area contributed by atoms with Crippen molar-refractivity contribution in [2.45, 2.75) is 44.6 Å². The molecule has 1 fully saturated rings. The predicted molar refractivity (Wildman–Crippen MR) is 77.4 cm³/mol. The summed E-state index contributed by atoms with van der Waals surface area (Å²) in [7, 11) is 0. The lowest BCUT2D eigenvalue weighted by Crippen LogP contribution is -2.37. The smallest absolute Gasteiger partial charge is 0.135 e. The van der Waals surface area contributed by atoms with E-state index in [4.69, 9.17) is 18.0 Å². The monoisotopic (exact) mass is 266 g/mol. The van der Waals surface area contributed by atoms with E-state index in [-0.39, 0.29) is 16.3 Å². The van der Waals surface area contributed by atoms with E-state index in [9.17, 15) is 4.39 Å². The van der Waals surface area contributed by atoms with E-state index in [2.05, 4.69) is 12.2 Å². The number of hydrogen-bond donors (Lipinski definition) is 2. The molecule has 0 spiro atoms. The molecule has 0 bridgehead atoms. The number of thiocarbonyl (C=S) groups is 1. The highest BCUT2D eigenvalue weighted by atomic mass is 32.1. The van der Waals surface area contributed by atoms with Crippen LogP contribution in [0.4, 0.5) is 10.1 Å². The first-order valence-electron chi connectivity index (χ1n) is 6.38. The summed E-state index contributed by atoms with van der Waals surface area (Å²) in [5, 5.41) is 3.44. The molecule has 0 atom stereocenters. The molecule has 0 aromatic heterocycles. The van der Waals surface area contributed by atoms with Gasteiger partial charge in [-0.05, 0) is 31.9 Å². The maximum Gasteiger partial charge on any atom is 0.135 e. The van der Waals surface area contributed by atoms with Gasteiger partial charge in [-0.3, -0.25) is 0 Å². The van der Waals surface area contributed by atoms with Crippen molar-refractivity contribution in [1.82, 2.24) is 0 Å². The molecule has 0 radical (unpaired) electrons. The Morgan fingerprint density at radius 2 is 2.00 bits per heavy atom. The van der Waals surface area contributed by atoms with Gasteiger partial charge >= 0.3 is 0 Å². The van der Waals surface area contributed by atoms with Crippen LogP contribution in [0.5, 0.6) is 0 Å².